The number of nitrogens with two attached hydrogens (primary N) is 1. The third-order valence-corrected chi connectivity index (χ3v) is 7.96. The molecular weight excluding hydrogens is 451 g/mol. The SMILES string of the molecule is CC(C)(C(=N)N)S(=O)(=O)CC1COCc2ccc(NC=O)cc21.Cc1ccc(OCF)cn1. The van der Waals surface area contributed by atoms with Crippen molar-refractivity contribution in [1.82, 2.24) is 4.98 Å². The molecule has 4 N–H and O–H groups in total. The summed E-state index contributed by atoms with van der Waals surface area (Å²) in [6.07, 6.45) is 2.07. The number of hydrogen-bond acceptors (Lipinski definition) is 7. The Labute approximate surface area is 192 Å². The molecule has 33 heavy (non-hydrogen) atoms. The fraction of sp³-hybridized carbons (Fsp3) is 0.409. The Bertz CT molecular complexity index is 1070. The fourth-order valence-corrected chi connectivity index (χ4v) is 4.60. The lowest BCUT2D eigenvalue weighted by molar-refractivity contribution is -0.105. The summed E-state index contributed by atoms with van der Waals surface area (Å²) in [5, 5.41) is 10.1. The molecule has 0 spiro atoms. The number of aryl methyl sites for hydroxylation is 1. The fourth-order valence-electron chi connectivity index (χ4n) is 3.05. The molecule has 1 unspecified atom stereocenters. The number of aromatic nitrogens is 1. The number of nitrogens with one attached hydrogen (secondary N) is 2. The van der Waals surface area contributed by atoms with Crippen molar-refractivity contribution in [2.45, 2.75) is 38.0 Å². The van der Waals surface area contributed by atoms with E-state index in [1.165, 1.54) is 20.0 Å². The van der Waals surface area contributed by atoms with Crippen molar-refractivity contribution in [1.29, 1.82) is 5.41 Å². The van der Waals surface area contributed by atoms with Gasteiger partial charge in [-0.2, -0.15) is 0 Å². The minimum absolute atomic E-state index is 0.170. The number of sulfone groups is 1. The average molecular weight is 481 g/mol. The van der Waals surface area contributed by atoms with E-state index in [-0.39, 0.29) is 24.1 Å². The van der Waals surface area contributed by atoms with Crippen molar-refractivity contribution in [3.8, 4) is 5.75 Å². The number of alkyl halides is 1. The molecule has 1 atom stereocenters. The minimum Gasteiger partial charge on any atom is -0.461 e. The van der Waals surface area contributed by atoms with Gasteiger partial charge in [-0.25, -0.2) is 12.8 Å². The first kappa shape index (κ1) is 26.2. The van der Waals surface area contributed by atoms with Gasteiger partial charge in [0.05, 0.1) is 25.2 Å². The monoisotopic (exact) mass is 480 g/mol. The van der Waals surface area contributed by atoms with E-state index in [0.29, 0.717) is 24.5 Å². The Morgan fingerprint density at radius 2 is 2.12 bits per heavy atom. The molecule has 1 aliphatic heterocycles. The van der Waals surface area contributed by atoms with Crippen LogP contribution in [-0.4, -0.2) is 49.6 Å². The number of rotatable bonds is 8. The molecular formula is C22H29FN4O5S. The number of anilines is 1. The lowest BCUT2D eigenvalue weighted by Gasteiger charge is -2.30. The van der Waals surface area contributed by atoms with Gasteiger partial charge in [-0.3, -0.25) is 15.2 Å². The van der Waals surface area contributed by atoms with Crippen LogP contribution < -0.4 is 15.8 Å². The standard InChI is InChI=1S/C15H21N3O4S.C7H8FNO/c1-15(2,14(16)17)23(20,21)8-11-7-22-6-10-3-4-12(18-9-19)5-13(10)11;1-6-2-3-7(4-9-6)10-5-8/h3-5,9,11H,6-8H2,1-2H3,(H3,16,17)(H,18,19);2-4H,5H2,1H3. The van der Waals surface area contributed by atoms with E-state index in [0.717, 1.165) is 16.8 Å². The van der Waals surface area contributed by atoms with Crippen LogP contribution in [-0.2, 0) is 26.0 Å². The van der Waals surface area contributed by atoms with Gasteiger partial charge in [0.2, 0.25) is 13.3 Å². The molecule has 0 radical (unpaired) electrons. The van der Waals surface area contributed by atoms with Gasteiger partial charge in [0.15, 0.2) is 9.84 Å². The number of fused-ring (bicyclic) bond motifs is 1. The number of carbonyl (C=O) groups excluding carboxylic acids is 1. The molecule has 0 aliphatic carbocycles. The van der Waals surface area contributed by atoms with E-state index in [1.54, 1.807) is 24.3 Å². The van der Waals surface area contributed by atoms with Crippen LogP contribution in [0.1, 0.15) is 36.6 Å². The third-order valence-electron chi connectivity index (χ3n) is 5.34. The highest BCUT2D eigenvalue weighted by Crippen LogP contribution is 2.32. The van der Waals surface area contributed by atoms with Crippen molar-refractivity contribution >= 4 is 27.8 Å². The Kier molecular flexibility index (Phi) is 8.89. The first-order valence-corrected chi connectivity index (χ1v) is 11.8. The zero-order valence-corrected chi connectivity index (χ0v) is 19.6. The van der Waals surface area contributed by atoms with E-state index in [1.807, 2.05) is 13.0 Å². The molecule has 0 saturated heterocycles. The summed E-state index contributed by atoms with van der Waals surface area (Å²) in [4.78, 5) is 14.5. The number of nitrogens with zero attached hydrogens (tertiary/aromatic N) is 1. The van der Waals surface area contributed by atoms with Crippen LogP contribution in [0.15, 0.2) is 36.5 Å². The van der Waals surface area contributed by atoms with Gasteiger partial charge in [0.1, 0.15) is 16.3 Å². The predicted octanol–water partition coefficient (Wildman–Crippen LogP) is 2.69. The summed E-state index contributed by atoms with van der Waals surface area (Å²) in [5.74, 6) is -0.452. The number of pyridine rings is 1. The van der Waals surface area contributed by atoms with Crippen LogP contribution in [0.3, 0.4) is 0 Å². The largest absolute Gasteiger partial charge is 0.461 e. The number of amides is 1. The van der Waals surface area contributed by atoms with Crippen molar-refractivity contribution < 1.29 is 27.1 Å². The molecule has 11 heteroatoms. The molecule has 1 amide bonds. The maximum Gasteiger partial charge on any atom is 0.228 e. The number of ether oxygens (including phenoxy) is 2. The van der Waals surface area contributed by atoms with Gasteiger partial charge in [-0.05, 0) is 56.2 Å². The Morgan fingerprint density at radius 1 is 1.39 bits per heavy atom. The molecule has 1 aromatic carbocycles. The van der Waals surface area contributed by atoms with Crippen molar-refractivity contribution in [2.24, 2.45) is 5.73 Å². The van der Waals surface area contributed by atoms with Crippen LogP contribution in [0.5, 0.6) is 5.75 Å². The molecule has 3 rings (SSSR count). The zero-order chi connectivity index (χ0) is 24.6. The maximum absolute atomic E-state index is 12.6. The summed E-state index contributed by atoms with van der Waals surface area (Å²) < 4.78 is 45.4. The highest BCUT2D eigenvalue weighted by Gasteiger charge is 2.40. The highest BCUT2D eigenvalue weighted by molar-refractivity contribution is 7.93. The van der Waals surface area contributed by atoms with E-state index in [4.69, 9.17) is 15.9 Å². The topological polar surface area (TPSA) is 144 Å². The van der Waals surface area contributed by atoms with Crippen LogP contribution >= 0.6 is 0 Å². The van der Waals surface area contributed by atoms with E-state index < -0.39 is 21.4 Å². The Balaban J connectivity index is 0.000000321. The van der Waals surface area contributed by atoms with Gasteiger partial charge in [-0.15, -0.1) is 0 Å². The van der Waals surface area contributed by atoms with Crippen LogP contribution in [0.25, 0.3) is 0 Å². The smallest absolute Gasteiger partial charge is 0.228 e. The molecule has 2 aromatic rings. The first-order valence-electron chi connectivity index (χ1n) is 10.1. The Morgan fingerprint density at radius 3 is 2.70 bits per heavy atom. The van der Waals surface area contributed by atoms with E-state index in [9.17, 15) is 17.6 Å². The van der Waals surface area contributed by atoms with Crippen molar-refractivity contribution in [2.75, 3.05) is 24.5 Å². The normalized spacial score (nSPS) is 15.5. The van der Waals surface area contributed by atoms with Crippen molar-refractivity contribution in [3.05, 3.63) is 53.3 Å². The summed E-state index contributed by atoms with van der Waals surface area (Å²) in [7, 11) is -3.65. The molecule has 1 aliphatic rings. The molecule has 1 aromatic heterocycles. The van der Waals surface area contributed by atoms with Gasteiger partial charge >= 0.3 is 0 Å². The van der Waals surface area contributed by atoms with E-state index in [2.05, 4.69) is 15.0 Å². The van der Waals surface area contributed by atoms with Gasteiger partial charge in [0.25, 0.3) is 0 Å². The lowest BCUT2D eigenvalue weighted by atomic mass is 9.94. The first-order chi connectivity index (χ1) is 15.5. The summed E-state index contributed by atoms with van der Waals surface area (Å²) in [5.41, 5.74) is 8.68. The number of halogens is 1. The number of benzene rings is 1. The van der Waals surface area contributed by atoms with Gasteiger partial charge in [-0.1, -0.05) is 6.07 Å². The predicted molar refractivity (Wildman–Crippen MR) is 124 cm³/mol. The second kappa shape index (κ2) is 11.2. The molecule has 0 fully saturated rings. The van der Waals surface area contributed by atoms with Crippen LogP contribution in [0, 0.1) is 12.3 Å². The molecule has 180 valence electrons. The van der Waals surface area contributed by atoms with Crippen molar-refractivity contribution in [3.63, 3.8) is 0 Å². The zero-order valence-electron chi connectivity index (χ0n) is 18.8. The summed E-state index contributed by atoms with van der Waals surface area (Å²) in [6, 6.07) is 8.78. The van der Waals surface area contributed by atoms with Crippen LogP contribution in [0.2, 0.25) is 0 Å². The average Bonchev–Trinajstić information content (AvgIpc) is 2.76. The summed E-state index contributed by atoms with van der Waals surface area (Å²) in [6.45, 7) is 4.59. The number of hydrogen-bond donors (Lipinski definition) is 3. The van der Waals surface area contributed by atoms with E-state index >= 15 is 0 Å². The molecule has 0 bridgehead atoms. The minimum atomic E-state index is -3.65. The number of amidine groups is 1. The van der Waals surface area contributed by atoms with Crippen LogP contribution in [0.4, 0.5) is 10.1 Å². The van der Waals surface area contributed by atoms with Gasteiger partial charge in [0, 0.05) is 17.3 Å². The molecule has 2 heterocycles. The second-order valence-electron chi connectivity index (χ2n) is 7.98. The molecule has 0 saturated carbocycles. The van der Waals surface area contributed by atoms with Gasteiger partial charge < -0.3 is 20.5 Å². The highest BCUT2D eigenvalue weighted by atomic mass is 32.2. The lowest BCUT2D eigenvalue weighted by Crippen LogP contribution is -2.47. The Hall–Kier alpha value is -3.05. The second-order valence-corrected chi connectivity index (χ2v) is 10.6. The maximum atomic E-state index is 12.6. The third kappa shape index (κ3) is 6.72. The molecule has 9 nitrogen and oxygen atoms in total. The quantitative estimate of drug-likeness (QED) is 0.299. The summed E-state index contributed by atoms with van der Waals surface area (Å²) >= 11 is 0. The number of carbonyl (C=O) groups is 1.